The molecule has 0 bridgehead atoms. The largest absolute Gasteiger partial charge is 0.343 e. The summed E-state index contributed by atoms with van der Waals surface area (Å²) < 4.78 is 0. The van der Waals surface area contributed by atoms with Crippen LogP contribution in [0.1, 0.15) is 40.0 Å². The van der Waals surface area contributed by atoms with Crippen LogP contribution >= 0.6 is 0 Å². The summed E-state index contributed by atoms with van der Waals surface area (Å²) in [6.45, 7) is 14.9. The summed E-state index contributed by atoms with van der Waals surface area (Å²) >= 11 is 0. The van der Waals surface area contributed by atoms with Crippen LogP contribution in [0.25, 0.3) is 0 Å². The van der Waals surface area contributed by atoms with Crippen molar-refractivity contribution < 1.29 is 4.79 Å². The van der Waals surface area contributed by atoms with Crippen LogP contribution in [-0.4, -0.2) is 73.0 Å². The highest BCUT2D eigenvalue weighted by Gasteiger charge is 2.17. The van der Waals surface area contributed by atoms with E-state index in [4.69, 9.17) is 0 Å². The molecule has 1 rings (SSSR count). The van der Waals surface area contributed by atoms with E-state index in [-0.39, 0.29) is 0 Å². The molecule has 1 amide bonds. The third-order valence-electron chi connectivity index (χ3n) is 3.89. The van der Waals surface area contributed by atoms with Crippen molar-refractivity contribution in [3.8, 4) is 0 Å². The third kappa shape index (κ3) is 5.91. The SMILES string of the molecule is CCCN(CCC)C(=O)CCN1CCN(CC)CC1. The molecule has 1 fully saturated rings. The standard InChI is InChI=1S/C15H31N3O/c1-4-8-18(9-5-2)15(19)7-10-17-13-11-16(6-3)12-14-17/h4-14H2,1-3H3. The van der Waals surface area contributed by atoms with Gasteiger partial charge in [-0.2, -0.15) is 0 Å². The van der Waals surface area contributed by atoms with E-state index in [1.165, 1.54) is 0 Å². The number of carbonyl (C=O) groups excluding carboxylic acids is 1. The Kier molecular flexibility index (Phi) is 8.07. The fourth-order valence-corrected chi connectivity index (χ4v) is 2.64. The summed E-state index contributed by atoms with van der Waals surface area (Å²) in [5.41, 5.74) is 0. The zero-order chi connectivity index (χ0) is 14.1. The quantitative estimate of drug-likeness (QED) is 0.670. The van der Waals surface area contributed by atoms with Gasteiger partial charge in [0.1, 0.15) is 0 Å². The number of carbonyl (C=O) groups is 1. The molecule has 0 atom stereocenters. The summed E-state index contributed by atoms with van der Waals surface area (Å²) in [6.07, 6.45) is 2.80. The summed E-state index contributed by atoms with van der Waals surface area (Å²) in [5, 5.41) is 0. The van der Waals surface area contributed by atoms with Gasteiger partial charge in [0.2, 0.25) is 5.91 Å². The lowest BCUT2D eigenvalue weighted by molar-refractivity contribution is -0.131. The molecule has 112 valence electrons. The van der Waals surface area contributed by atoms with Gasteiger partial charge in [-0.3, -0.25) is 4.79 Å². The first kappa shape index (κ1) is 16.4. The monoisotopic (exact) mass is 269 g/mol. The average molecular weight is 269 g/mol. The van der Waals surface area contributed by atoms with E-state index >= 15 is 0 Å². The Balaban J connectivity index is 2.25. The van der Waals surface area contributed by atoms with Crippen LogP contribution < -0.4 is 0 Å². The maximum atomic E-state index is 12.2. The molecule has 19 heavy (non-hydrogen) atoms. The first-order chi connectivity index (χ1) is 9.21. The number of amides is 1. The Labute approximate surface area is 118 Å². The molecule has 1 saturated heterocycles. The van der Waals surface area contributed by atoms with Crippen molar-refractivity contribution in [1.82, 2.24) is 14.7 Å². The fourth-order valence-electron chi connectivity index (χ4n) is 2.64. The van der Waals surface area contributed by atoms with Gasteiger partial charge < -0.3 is 14.7 Å². The van der Waals surface area contributed by atoms with Gasteiger partial charge >= 0.3 is 0 Å². The van der Waals surface area contributed by atoms with Crippen molar-refractivity contribution in [2.75, 3.05) is 52.4 Å². The van der Waals surface area contributed by atoms with E-state index in [1.807, 2.05) is 4.90 Å². The number of piperazine rings is 1. The van der Waals surface area contributed by atoms with Crippen LogP contribution in [0, 0.1) is 0 Å². The van der Waals surface area contributed by atoms with Gasteiger partial charge in [-0.05, 0) is 19.4 Å². The molecule has 0 unspecified atom stereocenters. The van der Waals surface area contributed by atoms with Crippen molar-refractivity contribution >= 4 is 5.91 Å². The van der Waals surface area contributed by atoms with Crippen LogP contribution in [0.3, 0.4) is 0 Å². The fraction of sp³-hybridized carbons (Fsp3) is 0.933. The molecule has 0 aromatic carbocycles. The van der Waals surface area contributed by atoms with Gasteiger partial charge in [-0.1, -0.05) is 20.8 Å². The highest BCUT2D eigenvalue weighted by atomic mass is 16.2. The topological polar surface area (TPSA) is 26.8 Å². The second-order valence-corrected chi connectivity index (χ2v) is 5.41. The lowest BCUT2D eigenvalue weighted by Crippen LogP contribution is -2.47. The summed E-state index contributed by atoms with van der Waals surface area (Å²) in [5.74, 6) is 0.335. The highest BCUT2D eigenvalue weighted by Crippen LogP contribution is 2.04. The number of nitrogens with zero attached hydrogens (tertiary/aromatic N) is 3. The van der Waals surface area contributed by atoms with Crippen LogP contribution in [0.15, 0.2) is 0 Å². The van der Waals surface area contributed by atoms with Crippen LogP contribution in [0.5, 0.6) is 0 Å². The second kappa shape index (κ2) is 9.32. The van der Waals surface area contributed by atoms with Crippen molar-refractivity contribution in [2.24, 2.45) is 0 Å². The van der Waals surface area contributed by atoms with Gasteiger partial charge in [0.25, 0.3) is 0 Å². The minimum Gasteiger partial charge on any atom is -0.343 e. The molecule has 4 nitrogen and oxygen atoms in total. The molecule has 0 N–H and O–H groups in total. The Morgan fingerprint density at radius 2 is 1.47 bits per heavy atom. The third-order valence-corrected chi connectivity index (χ3v) is 3.89. The lowest BCUT2D eigenvalue weighted by atomic mass is 10.2. The first-order valence-corrected chi connectivity index (χ1v) is 7.93. The Hall–Kier alpha value is -0.610. The first-order valence-electron chi connectivity index (χ1n) is 7.93. The molecule has 1 heterocycles. The minimum atomic E-state index is 0.335. The molecule has 1 aliphatic rings. The van der Waals surface area contributed by atoms with E-state index in [2.05, 4.69) is 30.6 Å². The predicted octanol–water partition coefficient (Wildman–Crippen LogP) is 1.66. The molecule has 0 aromatic rings. The maximum absolute atomic E-state index is 12.2. The van der Waals surface area contributed by atoms with Crippen molar-refractivity contribution in [3.63, 3.8) is 0 Å². The average Bonchev–Trinajstić information content (AvgIpc) is 2.45. The van der Waals surface area contributed by atoms with Crippen LogP contribution in [0.4, 0.5) is 0 Å². The van der Waals surface area contributed by atoms with E-state index in [9.17, 15) is 4.79 Å². The number of hydrogen-bond acceptors (Lipinski definition) is 3. The molecular formula is C15H31N3O. The molecule has 0 aliphatic carbocycles. The lowest BCUT2D eigenvalue weighted by Gasteiger charge is -2.34. The zero-order valence-corrected chi connectivity index (χ0v) is 13.0. The Morgan fingerprint density at radius 1 is 0.947 bits per heavy atom. The summed E-state index contributed by atoms with van der Waals surface area (Å²) in [6, 6.07) is 0. The Morgan fingerprint density at radius 3 is 1.95 bits per heavy atom. The normalized spacial score (nSPS) is 17.6. The molecular weight excluding hydrogens is 238 g/mol. The van der Waals surface area contributed by atoms with Gasteiger partial charge in [-0.15, -0.1) is 0 Å². The molecule has 0 saturated carbocycles. The van der Waals surface area contributed by atoms with Gasteiger partial charge in [0, 0.05) is 52.2 Å². The molecule has 0 aromatic heterocycles. The van der Waals surface area contributed by atoms with Gasteiger partial charge in [0.15, 0.2) is 0 Å². The molecule has 0 radical (unpaired) electrons. The second-order valence-electron chi connectivity index (χ2n) is 5.41. The van der Waals surface area contributed by atoms with E-state index < -0.39 is 0 Å². The van der Waals surface area contributed by atoms with Crippen molar-refractivity contribution in [3.05, 3.63) is 0 Å². The highest BCUT2D eigenvalue weighted by molar-refractivity contribution is 5.76. The minimum absolute atomic E-state index is 0.335. The molecule has 0 spiro atoms. The van der Waals surface area contributed by atoms with E-state index in [0.717, 1.165) is 65.2 Å². The summed E-state index contributed by atoms with van der Waals surface area (Å²) in [4.78, 5) is 19.1. The zero-order valence-electron chi connectivity index (χ0n) is 13.0. The van der Waals surface area contributed by atoms with Crippen molar-refractivity contribution in [1.29, 1.82) is 0 Å². The van der Waals surface area contributed by atoms with Crippen LogP contribution in [-0.2, 0) is 4.79 Å². The van der Waals surface area contributed by atoms with Gasteiger partial charge in [-0.25, -0.2) is 0 Å². The molecule has 4 heteroatoms. The van der Waals surface area contributed by atoms with Crippen LogP contribution in [0.2, 0.25) is 0 Å². The predicted molar refractivity (Wildman–Crippen MR) is 80.3 cm³/mol. The van der Waals surface area contributed by atoms with E-state index in [1.54, 1.807) is 0 Å². The van der Waals surface area contributed by atoms with Crippen molar-refractivity contribution in [2.45, 2.75) is 40.0 Å². The number of likely N-dealkylation sites (N-methyl/N-ethyl adjacent to an activating group) is 1. The maximum Gasteiger partial charge on any atom is 0.223 e. The smallest absolute Gasteiger partial charge is 0.223 e. The molecule has 1 aliphatic heterocycles. The summed E-state index contributed by atoms with van der Waals surface area (Å²) in [7, 11) is 0. The van der Waals surface area contributed by atoms with Gasteiger partial charge in [0.05, 0.1) is 0 Å². The number of rotatable bonds is 8. The van der Waals surface area contributed by atoms with E-state index in [0.29, 0.717) is 12.3 Å². The Bertz CT molecular complexity index is 244. The number of hydrogen-bond donors (Lipinski definition) is 0.